The Morgan fingerprint density at radius 2 is 0.450 bits per heavy atom. The van der Waals surface area contributed by atoms with E-state index in [4.69, 9.17) is 0 Å². The fourth-order valence-corrected chi connectivity index (χ4v) is 5.85. The summed E-state index contributed by atoms with van der Waals surface area (Å²) in [5, 5.41) is 0. The fraction of sp³-hybridized carbons (Fsp3) is 1.00. The van der Waals surface area contributed by atoms with E-state index in [1.165, 1.54) is 64.2 Å². The quantitative estimate of drug-likeness (QED) is 0.446. The van der Waals surface area contributed by atoms with E-state index in [-0.39, 0.29) is 0 Å². The predicted molar refractivity (Wildman–Crippen MR) is 88.0 cm³/mol. The van der Waals surface area contributed by atoms with Gasteiger partial charge in [0.2, 0.25) is 0 Å². The SMILES string of the molecule is C1CCC2(C1)CCCC2.C1CCC2(CC1)CCCCC2. The number of hydrogen-bond acceptors (Lipinski definition) is 0. The van der Waals surface area contributed by atoms with Gasteiger partial charge in [-0.2, -0.15) is 0 Å². The predicted octanol–water partition coefficient (Wildman–Crippen LogP) is 7.02. The molecule has 0 heteroatoms. The highest BCUT2D eigenvalue weighted by molar-refractivity contribution is 4.88. The third-order valence-electron chi connectivity index (χ3n) is 7.16. The van der Waals surface area contributed by atoms with Gasteiger partial charge in [0.05, 0.1) is 0 Å². The maximum Gasteiger partial charge on any atom is -0.0297 e. The molecule has 0 radical (unpaired) electrons. The van der Waals surface area contributed by atoms with Crippen molar-refractivity contribution in [2.45, 2.75) is 116 Å². The minimum atomic E-state index is 0.858. The van der Waals surface area contributed by atoms with Crippen molar-refractivity contribution in [2.75, 3.05) is 0 Å². The first kappa shape index (κ1) is 14.9. The van der Waals surface area contributed by atoms with Gasteiger partial charge in [-0.05, 0) is 62.2 Å². The molecule has 0 N–H and O–H groups in total. The van der Waals surface area contributed by atoms with E-state index in [9.17, 15) is 0 Å². The van der Waals surface area contributed by atoms with Crippen LogP contribution < -0.4 is 0 Å². The smallest absolute Gasteiger partial charge is 0.0297 e. The summed E-state index contributed by atoms with van der Waals surface area (Å²) in [5.41, 5.74) is 1.75. The molecule has 0 aromatic rings. The van der Waals surface area contributed by atoms with Crippen LogP contribution in [0, 0.1) is 10.8 Å². The fourth-order valence-electron chi connectivity index (χ4n) is 5.85. The van der Waals surface area contributed by atoms with Crippen molar-refractivity contribution in [1.29, 1.82) is 0 Å². The maximum atomic E-state index is 1.56. The minimum Gasteiger partial charge on any atom is -0.0533 e. The first-order valence-corrected chi connectivity index (χ1v) is 9.83. The minimum absolute atomic E-state index is 0.858. The average Bonchev–Trinajstić information content (AvgIpc) is 3.15. The van der Waals surface area contributed by atoms with E-state index in [0.717, 1.165) is 10.8 Å². The lowest BCUT2D eigenvalue weighted by Gasteiger charge is -2.40. The van der Waals surface area contributed by atoms with Gasteiger partial charge in [0.15, 0.2) is 0 Å². The van der Waals surface area contributed by atoms with Crippen molar-refractivity contribution >= 4 is 0 Å². The van der Waals surface area contributed by atoms with Gasteiger partial charge < -0.3 is 0 Å². The highest BCUT2D eigenvalue weighted by Gasteiger charge is 2.36. The van der Waals surface area contributed by atoms with Crippen molar-refractivity contribution in [3.05, 3.63) is 0 Å². The van der Waals surface area contributed by atoms with Gasteiger partial charge in [0.25, 0.3) is 0 Å². The second-order valence-corrected chi connectivity index (χ2v) is 8.54. The molecule has 4 aliphatic carbocycles. The third-order valence-corrected chi connectivity index (χ3v) is 7.16. The van der Waals surface area contributed by atoms with Crippen LogP contribution in [0.25, 0.3) is 0 Å². The summed E-state index contributed by atoms with van der Waals surface area (Å²) in [7, 11) is 0. The Morgan fingerprint density at radius 1 is 0.250 bits per heavy atom. The van der Waals surface area contributed by atoms with Crippen LogP contribution in [0.3, 0.4) is 0 Å². The molecule has 20 heavy (non-hydrogen) atoms. The first-order chi connectivity index (χ1) is 9.83. The van der Waals surface area contributed by atoms with Gasteiger partial charge in [-0.3, -0.25) is 0 Å². The molecule has 0 atom stereocenters. The largest absolute Gasteiger partial charge is 0.0533 e. The number of rotatable bonds is 0. The Bertz CT molecular complexity index is 229. The highest BCUT2D eigenvalue weighted by atomic mass is 14.4. The zero-order chi connectivity index (χ0) is 13.7. The molecular formula is C20H36. The van der Waals surface area contributed by atoms with Crippen LogP contribution in [0.4, 0.5) is 0 Å². The van der Waals surface area contributed by atoms with Crippen LogP contribution in [0.15, 0.2) is 0 Å². The lowest BCUT2D eigenvalue weighted by atomic mass is 9.65. The van der Waals surface area contributed by atoms with E-state index in [1.807, 2.05) is 0 Å². The summed E-state index contributed by atoms with van der Waals surface area (Å²) in [6.07, 6.45) is 27.8. The van der Waals surface area contributed by atoms with E-state index in [1.54, 1.807) is 51.4 Å². The molecular weight excluding hydrogens is 240 g/mol. The molecule has 0 aromatic carbocycles. The van der Waals surface area contributed by atoms with Gasteiger partial charge >= 0.3 is 0 Å². The maximum absolute atomic E-state index is 1.56. The van der Waals surface area contributed by atoms with Gasteiger partial charge in [-0.1, -0.05) is 64.2 Å². The van der Waals surface area contributed by atoms with Gasteiger partial charge in [0, 0.05) is 0 Å². The van der Waals surface area contributed by atoms with Gasteiger partial charge in [0.1, 0.15) is 0 Å². The summed E-state index contributed by atoms with van der Waals surface area (Å²) >= 11 is 0. The highest BCUT2D eigenvalue weighted by Crippen LogP contribution is 2.50. The van der Waals surface area contributed by atoms with Crippen LogP contribution in [0.5, 0.6) is 0 Å². The van der Waals surface area contributed by atoms with E-state index in [2.05, 4.69) is 0 Å². The second-order valence-electron chi connectivity index (χ2n) is 8.54. The molecule has 4 rings (SSSR count). The Hall–Kier alpha value is 0. The van der Waals surface area contributed by atoms with Crippen LogP contribution in [-0.2, 0) is 0 Å². The van der Waals surface area contributed by atoms with E-state index in [0.29, 0.717) is 0 Å². The molecule has 116 valence electrons. The number of hydrogen-bond donors (Lipinski definition) is 0. The summed E-state index contributed by atoms with van der Waals surface area (Å²) in [6, 6.07) is 0. The Kier molecular flexibility index (Phi) is 5.10. The Morgan fingerprint density at radius 3 is 0.700 bits per heavy atom. The molecule has 4 saturated carbocycles. The molecule has 0 heterocycles. The van der Waals surface area contributed by atoms with Gasteiger partial charge in [-0.15, -0.1) is 0 Å². The zero-order valence-electron chi connectivity index (χ0n) is 13.7. The van der Waals surface area contributed by atoms with Crippen LogP contribution in [-0.4, -0.2) is 0 Å². The zero-order valence-corrected chi connectivity index (χ0v) is 13.7. The van der Waals surface area contributed by atoms with E-state index >= 15 is 0 Å². The van der Waals surface area contributed by atoms with Gasteiger partial charge in [-0.25, -0.2) is 0 Å². The average molecular weight is 277 g/mol. The summed E-state index contributed by atoms with van der Waals surface area (Å²) in [5.74, 6) is 0. The molecule has 4 fully saturated rings. The molecule has 0 bridgehead atoms. The van der Waals surface area contributed by atoms with Crippen molar-refractivity contribution in [3.63, 3.8) is 0 Å². The van der Waals surface area contributed by atoms with Crippen molar-refractivity contribution in [1.82, 2.24) is 0 Å². The third kappa shape index (κ3) is 3.60. The molecule has 2 spiro atoms. The lowest BCUT2D eigenvalue weighted by Crippen LogP contribution is -2.26. The topological polar surface area (TPSA) is 0 Å². The molecule has 4 aliphatic rings. The van der Waals surface area contributed by atoms with Crippen molar-refractivity contribution in [3.8, 4) is 0 Å². The lowest BCUT2D eigenvalue weighted by molar-refractivity contribution is 0.124. The molecule has 0 saturated heterocycles. The molecule has 0 aromatic heterocycles. The Balaban J connectivity index is 0.000000123. The van der Waals surface area contributed by atoms with Crippen LogP contribution >= 0.6 is 0 Å². The monoisotopic (exact) mass is 276 g/mol. The summed E-state index contributed by atoms with van der Waals surface area (Å²) in [6.45, 7) is 0. The molecule has 0 amide bonds. The normalized spacial score (nSPS) is 31.2. The van der Waals surface area contributed by atoms with E-state index < -0.39 is 0 Å². The molecule has 0 aliphatic heterocycles. The van der Waals surface area contributed by atoms with Crippen molar-refractivity contribution in [2.24, 2.45) is 10.8 Å². The Labute approximate surface area is 127 Å². The first-order valence-electron chi connectivity index (χ1n) is 9.83. The summed E-state index contributed by atoms with van der Waals surface area (Å²) in [4.78, 5) is 0. The van der Waals surface area contributed by atoms with Crippen LogP contribution in [0.2, 0.25) is 0 Å². The van der Waals surface area contributed by atoms with Crippen molar-refractivity contribution < 1.29 is 0 Å². The summed E-state index contributed by atoms with van der Waals surface area (Å²) < 4.78 is 0. The molecule has 0 nitrogen and oxygen atoms in total. The standard InChI is InChI=1S/C11H20.C9H16/c1-3-7-11(8-4-1)9-5-2-6-10-11;1-2-6-9(5-1)7-3-4-8-9/h1-10H2;1-8H2. The van der Waals surface area contributed by atoms with Crippen LogP contribution in [0.1, 0.15) is 116 Å². The molecule has 0 unspecified atom stereocenters. The second kappa shape index (κ2) is 6.84.